The van der Waals surface area contributed by atoms with Crippen LogP contribution >= 0.6 is 0 Å². The molecule has 0 radical (unpaired) electrons. The first-order valence-corrected chi connectivity index (χ1v) is 10.7. The van der Waals surface area contributed by atoms with E-state index in [1.165, 1.54) is 77.0 Å². The van der Waals surface area contributed by atoms with Gasteiger partial charge in [-0.05, 0) is 25.0 Å². The number of rotatable bonds is 17. The Hall–Kier alpha value is -1.44. The molecule has 0 heterocycles. The van der Waals surface area contributed by atoms with Crippen molar-refractivity contribution in [2.45, 2.75) is 96.5 Å². The van der Waals surface area contributed by atoms with Crippen molar-refractivity contribution in [1.82, 2.24) is 0 Å². The van der Waals surface area contributed by atoms with Crippen molar-refractivity contribution in [3.05, 3.63) is 36.9 Å². The summed E-state index contributed by atoms with van der Waals surface area (Å²) >= 11 is 0. The summed E-state index contributed by atoms with van der Waals surface area (Å²) in [5, 5.41) is 0. The molecule has 26 heavy (non-hydrogen) atoms. The molecule has 0 aliphatic heterocycles. The SMILES string of the molecule is C=CC(CCCCCCCCCCCCCC)Oc1ccccc1OC. The van der Waals surface area contributed by atoms with Crippen molar-refractivity contribution in [3.8, 4) is 11.5 Å². The van der Waals surface area contributed by atoms with Crippen LogP contribution in [-0.2, 0) is 0 Å². The fourth-order valence-corrected chi connectivity index (χ4v) is 3.29. The third-order valence-electron chi connectivity index (χ3n) is 4.95. The van der Waals surface area contributed by atoms with Gasteiger partial charge in [0.2, 0.25) is 0 Å². The van der Waals surface area contributed by atoms with E-state index >= 15 is 0 Å². The molecule has 0 spiro atoms. The summed E-state index contributed by atoms with van der Waals surface area (Å²) in [7, 11) is 1.68. The van der Waals surface area contributed by atoms with Crippen LogP contribution < -0.4 is 9.47 Å². The first kappa shape index (κ1) is 22.6. The van der Waals surface area contributed by atoms with E-state index in [1.807, 2.05) is 30.3 Å². The van der Waals surface area contributed by atoms with Crippen molar-refractivity contribution in [2.24, 2.45) is 0 Å². The van der Waals surface area contributed by atoms with Crippen LogP contribution in [0.2, 0.25) is 0 Å². The van der Waals surface area contributed by atoms with Crippen molar-refractivity contribution in [2.75, 3.05) is 7.11 Å². The summed E-state index contributed by atoms with van der Waals surface area (Å²) in [6, 6.07) is 7.82. The monoisotopic (exact) mass is 360 g/mol. The number of ether oxygens (including phenoxy) is 2. The molecule has 0 saturated heterocycles. The molecule has 1 aromatic rings. The molecule has 0 saturated carbocycles. The maximum atomic E-state index is 6.04. The summed E-state index contributed by atoms with van der Waals surface area (Å²) in [6.45, 7) is 6.20. The number of methoxy groups -OCH3 is 1. The number of benzene rings is 1. The Balaban J connectivity index is 2.03. The van der Waals surface area contributed by atoms with Crippen molar-refractivity contribution < 1.29 is 9.47 Å². The molecule has 0 aliphatic rings. The fraction of sp³-hybridized carbons (Fsp3) is 0.667. The Kier molecular flexibility index (Phi) is 13.7. The highest BCUT2D eigenvalue weighted by Crippen LogP contribution is 2.28. The lowest BCUT2D eigenvalue weighted by Crippen LogP contribution is -2.13. The highest BCUT2D eigenvalue weighted by molar-refractivity contribution is 5.39. The lowest BCUT2D eigenvalue weighted by Gasteiger charge is -2.17. The van der Waals surface area contributed by atoms with Crippen LogP contribution in [0.4, 0.5) is 0 Å². The van der Waals surface area contributed by atoms with E-state index in [1.54, 1.807) is 7.11 Å². The second-order valence-corrected chi connectivity index (χ2v) is 7.22. The number of hydrogen-bond acceptors (Lipinski definition) is 2. The molecule has 1 aromatic carbocycles. The minimum Gasteiger partial charge on any atom is -0.493 e. The second kappa shape index (κ2) is 15.8. The van der Waals surface area contributed by atoms with E-state index < -0.39 is 0 Å². The van der Waals surface area contributed by atoms with Crippen LogP contribution in [0.3, 0.4) is 0 Å². The van der Waals surface area contributed by atoms with Crippen LogP contribution in [0.1, 0.15) is 90.4 Å². The Bertz CT molecular complexity index is 455. The second-order valence-electron chi connectivity index (χ2n) is 7.22. The van der Waals surface area contributed by atoms with Crippen LogP contribution in [0, 0.1) is 0 Å². The molecule has 0 amide bonds. The Morgan fingerprint density at radius 3 is 1.81 bits per heavy atom. The lowest BCUT2D eigenvalue weighted by molar-refractivity contribution is 0.223. The molecule has 0 bridgehead atoms. The highest BCUT2D eigenvalue weighted by atomic mass is 16.5. The topological polar surface area (TPSA) is 18.5 Å². The maximum absolute atomic E-state index is 6.04. The molecule has 1 rings (SSSR count). The maximum Gasteiger partial charge on any atom is 0.162 e. The van der Waals surface area contributed by atoms with Gasteiger partial charge in [-0.3, -0.25) is 0 Å². The van der Waals surface area contributed by atoms with Crippen LogP contribution in [0.5, 0.6) is 11.5 Å². The van der Waals surface area contributed by atoms with Crippen LogP contribution in [-0.4, -0.2) is 13.2 Å². The van der Waals surface area contributed by atoms with Gasteiger partial charge in [0.1, 0.15) is 6.10 Å². The van der Waals surface area contributed by atoms with Gasteiger partial charge >= 0.3 is 0 Å². The van der Waals surface area contributed by atoms with Gasteiger partial charge in [-0.25, -0.2) is 0 Å². The predicted molar refractivity (Wildman–Crippen MR) is 113 cm³/mol. The number of unbranched alkanes of at least 4 members (excludes halogenated alkanes) is 11. The van der Waals surface area contributed by atoms with Gasteiger partial charge in [0, 0.05) is 0 Å². The molecule has 0 aromatic heterocycles. The molecule has 2 nitrogen and oxygen atoms in total. The van der Waals surface area contributed by atoms with E-state index in [0.29, 0.717) is 0 Å². The molecular formula is C24H40O2. The number of hydrogen-bond donors (Lipinski definition) is 0. The summed E-state index contributed by atoms with van der Waals surface area (Å²) in [5.74, 6) is 1.59. The van der Waals surface area contributed by atoms with Crippen molar-refractivity contribution >= 4 is 0 Å². The summed E-state index contributed by atoms with van der Waals surface area (Å²) in [6.07, 6.45) is 19.5. The predicted octanol–water partition coefficient (Wildman–Crippen LogP) is 7.72. The molecule has 0 N–H and O–H groups in total. The number of para-hydroxylation sites is 2. The van der Waals surface area contributed by atoms with Crippen LogP contribution in [0.15, 0.2) is 36.9 Å². The normalized spacial score (nSPS) is 11.9. The lowest BCUT2D eigenvalue weighted by atomic mass is 10.0. The quantitative estimate of drug-likeness (QED) is 0.209. The molecule has 0 fully saturated rings. The minimum absolute atomic E-state index is 0.0643. The van der Waals surface area contributed by atoms with Crippen molar-refractivity contribution in [1.29, 1.82) is 0 Å². The van der Waals surface area contributed by atoms with E-state index in [-0.39, 0.29) is 6.10 Å². The van der Waals surface area contributed by atoms with Gasteiger partial charge in [-0.2, -0.15) is 0 Å². The van der Waals surface area contributed by atoms with E-state index in [2.05, 4.69) is 13.5 Å². The third-order valence-corrected chi connectivity index (χ3v) is 4.95. The zero-order chi connectivity index (χ0) is 18.9. The highest BCUT2D eigenvalue weighted by Gasteiger charge is 2.09. The molecule has 2 heteroatoms. The van der Waals surface area contributed by atoms with Gasteiger partial charge in [0.15, 0.2) is 11.5 Å². The summed E-state index contributed by atoms with van der Waals surface area (Å²) in [4.78, 5) is 0. The van der Waals surface area contributed by atoms with Gasteiger partial charge in [0.25, 0.3) is 0 Å². The van der Waals surface area contributed by atoms with E-state index in [0.717, 1.165) is 17.9 Å². The molecule has 148 valence electrons. The average Bonchev–Trinajstić information content (AvgIpc) is 2.68. The largest absolute Gasteiger partial charge is 0.493 e. The Morgan fingerprint density at radius 2 is 1.31 bits per heavy atom. The van der Waals surface area contributed by atoms with E-state index in [9.17, 15) is 0 Å². The zero-order valence-electron chi connectivity index (χ0n) is 17.2. The smallest absolute Gasteiger partial charge is 0.162 e. The molecule has 0 aliphatic carbocycles. The minimum atomic E-state index is 0.0643. The van der Waals surface area contributed by atoms with Gasteiger partial charge in [-0.1, -0.05) is 102 Å². The Morgan fingerprint density at radius 1 is 0.808 bits per heavy atom. The van der Waals surface area contributed by atoms with Gasteiger partial charge < -0.3 is 9.47 Å². The average molecular weight is 361 g/mol. The van der Waals surface area contributed by atoms with Gasteiger partial charge in [-0.15, -0.1) is 0 Å². The third kappa shape index (κ3) is 10.5. The molecule has 1 atom stereocenters. The molecule has 1 unspecified atom stereocenters. The van der Waals surface area contributed by atoms with Crippen LogP contribution in [0.25, 0.3) is 0 Å². The fourth-order valence-electron chi connectivity index (χ4n) is 3.29. The summed E-state index contributed by atoms with van der Waals surface area (Å²) < 4.78 is 11.4. The first-order chi connectivity index (χ1) is 12.8. The van der Waals surface area contributed by atoms with Gasteiger partial charge in [0.05, 0.1) is 7.11 Å². The van der Waals surface area contributed by atoms with Crippen molar-refractivity contribution in [3.63, 3.8) is 0 Å². The zero-order valence-corrected chi connectivity index (χ0v) is 17.2. The standard InChI is InChI=1S/C24H40O2/c1-4-6-7-8-9-10-11-12-13-14-15-16-19-22(5-2)26-24-21-18-17-20-23(24)25-3/h5,17-18,20-22H,2,4,6-16,19H2,1,3H3. The first-order valence-electron chi connectivity index (χ1n) is 10.7. The summed E-state index contributed by atoms with van der Waals surface area (Å²) in [5.41, 5.74) is 0. The molecular weight excluding hydrogens is 320 g/mol. The van der Waals surface area contributed by atoms with E-state index in [4.69, 9.17) is 9.47 Å². The Labute approximate surface area is 162 Å².